The molecule has 3 heteroatoms. The van der Waals surface area contributed by atoms with E-state index in [4.69, 9.17) is 16.9 Å². The Hall–Kier alpha value is -0.520. The number of rotatable bonds is 0. The largest absolute Gasteiger partial charge is 0.192 e. The lowest BCUT2D eigenvalue weighted by atomic mass is 10.2. The van der Waals surface area contributed by atoms with Crippen LogP contribution in [-0.2, 0) is 0 Å². The van der Waals surface area contributed by atoms with E-state index in [2.05, 4.69) is 15.9 Å². The first-order valence-corrected chi connectivity index (χ1v) is 3.75. The van der Waals surface area contributed by atoms with Gasteiger partial charge in [0.15, 0.2) is 0 Å². The van der Waals surface area contributed by atoms with Crippen molar-refractivity contribution in [1.29, 1.82) is 5.26 Å². The van der Waals surface area contributed by atoms with Gasteiger partial charge in [0.05, 0.1) is 11.6 Å². The Labute approximate surface area is 72.4 Å². The molecule has 0 saturated carbocycles. The summed E-state index contributed by atoms with van der Waals surface area (Å²) in [4.78, 5) is 0. The highest BCUT2D eigenvalue weighted by Crippen LogP contribution is 2.18. The van der Waals surface area contributed by atoms with Crippen LogP contribution in [0.2, 0.25) is 5.02 Å². The molecule has 0 aliphatic carbocycles. The van der Waals surface area contributed by atoms with Crippen molar-refractivity contribution in [3.05, 3.63) is 33.3 Å². The van der Waals surface area contributed by atoms with Gasteiger partial charge in [-0.25, -0.2) is 0 Å². The minimum Gasteiger partial charge on any atom is -0.192 e. The van der Waals surface area contributed by atoms with Gasteiger partial charge < -0.3 is 0 Å². The highest BCUT2D eigenvalue weighted by molar-refractivity contribution is 9.10. The molecule has 0 atom stereocenters. The predicted molar refractivity (Wildman–Crippen MR) is 43.9 cm³/mol. The average molecular weight is 216 g/mol. The SMILES string of the molecule is N#Cc1cc(Cl)cc(Br)c1. The van der Waals surface area contributed by atoms with Crippen LogP contribution in [0.5, 0.6) is 0 Å². The molecule has 1 aromatic rings. The molecule has 0 spiro atoms. The molecule has 0 aromatic heterocycles. The van der Waals surface area contributed by atoms with E-state index in [9.17, 15) is 0 Å². The molecule has 0 amide bonds. The minimum absolute atomic E-state index is 0.569. The molecule has 0 saturated heterocycles. The van der Waals surface area contributed by atoms with Crippen LogP contribution in [0, 0.1) is 11.3 Å². The summed E-state index contributed by atoms with van der Waals surface area (Å²) in [7, 11) is 0. The van der Waals surface area contributed by atoms with Gasteiger partial charge in [0, 0.05) is 9.50 Å². The van der Waals surface area contributed by atoms with E-state index in [0.717, 1.165) is 4.47 Å². The maximum absolute atomic E-state index is 8.46. The summed E-state index contributed by atoms with van der Waals surface area (Å²) >= 11 is 8.87. The normalized spacial score (nSPS) is 8.90. The lowest BCUT2D eigenvalue weighted by molar-refractivity contribution is 1.48. The molecule has 0 aliphatic heterocycles. The van der Waals surface area contributed by atoms with Gasteiger partial charge >= 0.3 is 0 Å². The van der Waals surface area contributed by atoms with Crippen molar-refractivity contribution in [3.8, 4) is 6.07 Å². The maximum Gasteiger partial charge on any atom is 0.0992 e. The molecule has 0 unspecified atom stereocenters. The van der Waals surface area contributed by atoms with Gasteiger partial charge in [0.2, 0.25) is 0 Å². The highest BCUT2D eigenvalue weighted by atomic mass is 79.9. The molecular formula is C7H3BrClN. The van der Waals surface area contributed by atoms with Crippen LogP contribution in [-0.4, -0.2) is 0 Å². The number of nitriles is 1. The zero-order valence-corrected chi connectivity index (χ0v) is 7.28. The van der Waals surface area contributed by atoms with E-state index in [1.165, 1.54) is 0 Å². The molecular weight excluding hydrogens is 213 g/mol. The molecule has 0 heterocycles. The summed E-state index contributed by atoms with van der Waals surface area (Å²) < 4.78 is 0.830. The number of hydrogen-bond donors (Lipinski definition) is 0. The first-order chi connectivity index (χ1) is 4.72. The van der Waals surface area contributed by atoms with Crippen molar-refractivity contribution >= 4 is 27.5 Å². The Morgan fingerprint density at radius 3 is 2.60 bits per heavy atom. The third-order valence-electron chi connectivity index (χ3n) is 0.992. The molecule has 0 radical (unpaired) electrons. The first kappa shape index (κ1) is 7.59. The number of hydrogen-bond acceptors (Lipinski definition) is 1. The second kappa shape index (κ2) is 3.05. The standard InChI is InChI=1S/C7H3BrClN/c8-6-1-5(4-10)2-7(9)3-6/h1-3H. The third kappa shape index (κ3) is 1.73. The lowest BCUT2D eigenvalue weighted by Crippen LogP contribution is -1.73. The Morgan fingerprint density at radius 2 is 2.10 bits per heavy atom. The monoisotopic (exact) mass is 215 g/mol. The number of nitrogens with zero attached hydrogens (tertiary/aromatic N) is 1. The van der Waals surface area contributed by atoms with E-state index in [0.29, 0.717) is 10.6 Å². The summed E-state index contributed by atoms with van der Waals surface area (Å²) in [5.74, 6) is 0. The van der Waals surface area contributed by atoms with Gasteiger partial charge in [0.1, 0.15) is 0 Å². The Kier molecular flexibility index (Phi) is 2.31. The Morgan fingerprint density at radius 1 is 1.40 bits per heavy atom. The molecule has 0 fully saturated rings. The van der Waals surface area contributed by atoms with Crippen LogP contribution >= 0.6 is 27.5 Å². The van der Waals surface area contributed by atoms with Crippen LogP contribution in [0.15, 0.2) is 22.7 Å². The molecule has 1 rings (SSSR count). The molecule has 1 aromatic carbocycles. The minimum atomic E-state index is 0.569. The zero-order chi connectivity index (χ0) is 7.56. The van der Waals surface area contributed by atoms with E-state index < -0.39 is 0 Å². The van der Waals surface area contributed by atoms with Crippen molar-refractivity contribution in [2.75, 3.05) is 0 Å². The van der Waals surface area contributed by atoms with Crippen molar-refractivity contribution in [1.82, 2.24) is 0 Å². The van der Waals surface area contributed by atoms with Gasteiger partial charge in [0.25, 0.3) is 0 Å². The smallest absolute Gasteiger partial charge is 0.0992 e. The van der Waals surface area contributed by atoms with Gasteiger partial charge in [-0.15, -0.1) is 0 Å². The summed E-state index contributed by atoms with van der Waals surface area (Å²) in [5, 5.41) is 9.03. The van der Waals surface area contributed by atoms with E-state index in [1.54, 1.807) is 18.2 Å². The fourth-order valence-corrected chi connectivity index (χ4v) is 1.48. The predicted octanol–water partition coefficient (Wildman–Crippen LogP) is 2.97. The first-order valence-electron chi connectivity index (χ1n) is 2.58. The van der Waals surface area contributed by atoms with Gasteiger partial charge in [-0.05, 0) is 18.2 Å². The molecule has 0 N–H and O–H groups in total. The summed E-state index contributed by atoms with van der Waals surface area (Å²) in [6, 6.07) is 7.06. The molecule has 50 valence electrons. The maximum atomic E-state index is 8.46. The second-order valence-corrected chi connectivity index (χ2v) is 3.12. The van der Waals surface area contributed by atoms with Gasteiger partial charge in [-0.2, -0.15) is 5.26 Å². The number of halogens is 2. The van der Waals surface area contributed by atoms with Crippen molar-refractivity contribution < 1.29 is 0 Å². The molecule has 0 bridgehead atoms. The van der Waals surface area contributed by atoms with Crippen LogP contribution in [0.4, 0.5) is 0 Å². The molecule has 1 nitrogen and oxygen atoms in total. The highest BCUT2D eigenvalue weighted by Gasteiger charge is 1.94. The van der Waals surface area contributed by atoms with Crippen LogP contribution < -0.4 is 0 Å². The topological polar surface area (TPSA) is 23.8 Å². The third-order valence-corrected chi connectivity index (χ3v) is 1.67. The fraction of sp³-hybridized carbons (Fsp3) is 0. The van der Waals surface area contributed by atoms with E-state index in [1.807, 2.05) is 6.07 Å². The van der Waals surface area contributed by atoms with Gasteiger partial charge in [-0.1, -0.05) is 27.5 Å². The Balaban J connectivity index is 3.22. The lowest BCUT2D eigenvalue weighted by Gasteiger charge is -1.92. The van der Waals surface area contributed by atoms with Crippen LogP contribution in [0.25, 0.3) is 0 Å². The molecule has 0 aliphatic rings. The van der Waals surface area contributed by atoms with Gasteiger partial charge in [-0.3, -0.25) is 0 Å². The summed E-state index contributed by atoms with van der Waals surface area (Å²) in [6.07, 6.45) is 0. The Bertz CT molecular complexity index is 270. The fourth-order valence-electron chi connectivity index (χ4n) is 0.618. The average Bonchev–Trinajstić information content (AvgIpc) is 1.85. The van der Waals surface area contributed by atoms with E-state index >= 15 is 0 Å². The van der Waals surface area contributed by atoms with Crippen molar-refractivity contribution in [3.63, 3.8) is 0 Å². The van der Waals surface area contributed by atoms with Crippen molar-refractivity contribution in [2.45, 2.75) is 0 Å². The summed E-state index contributed by atoms with van der Waals surface area (Å²) in [6.45, 7) is 0. The van der Waals surface area contributed by atoms with Crippen LogP contribution in [0.1, 0.15) is 5.56 Å². The zero-order valence-electron chi connectivity index (χ0n) is 4.94. The summed E-state index contributed by atoms with van der Waals surface area (Å²) in [5.41, 5.74) is 0.569. The second-order valence-electron chi connectivity index (χ2n) is 1.77. The number of benzene rings is 1. The van der Waals surface area contributed by atoms with E-state index in [-0.39, 0.29) is 0 Å². The quantitative estimate of drug-likeness (QED) is 0.654. The van der Waals surface area contributed by atoms with Crippen molar-refractivity contribution in [2.24, 2.45) is 0 Å². The van der Waals surface area contributed by atoms with Crippen LogP contribution in [0.3, 0.4) is 0 Å². The molecule has 10 heavy (non-hydrogen) atoms.